The van der Waals surface area contributed by atoms with Crippen molar-refractivity contribution < 1.29 is 22.6 Å². The summed E-state index contributed by atoms with van der Waals surface area (Å²) in [5.41, 5.74) is -0.863. The van der Waals surface area contributed by atoms with Crippen LogP contribution in [-0.4, -0.2) is 6.61 Å². The van der Waals surface area contributed by atoms with Crippen molar-refractivity contribution >= 4 is 46.4 Å². The standard InChI is InChI=1S/C16H9Cl4F3O2/c17-11-7-9(16(21,22)23)1-3-14(11)25-10-2-4-13(12(18)8-10)24-6-5-15(19)20/h1-5,7-8H,6H2. The molecule has 134 valence electrons. The van der Waals surface area contributed by atoms with E-state index in [1.165, 1.54) is 24.3 Å². The summed E-state index contributed by atoms with van der Waals surface area (Å²) in [5, 5.41) is 0.0628. The second kappa shape index (κ2) is 8.41. The molecule has 0 amide bonds. The van der Waals surface area contributed by atoms with E-state index in [-0.39, 0.29) is 32.6 Å². The normalized spacial score (nSPS) is 11.2. The highest BCUT2D eigenvalue weighted by molar-refractivity contribution is 6.55. The van der Waals surface area contributed by atoms with Crippen molar-refractivity contribution in [3.8, 4) is 17.2 Å². The van der Waals surface area contributed by atoms with Crippen molar-refractivity contribution in [2.75, 3.05) is 6.61 Å². The van der Waals surface area contributed by atoms with Gasteiger partial charge in [0.25, 0.3) is 0 Å². The fraction of sp³-hybridized carbons (Fsp3) is 0.125. The van der Waals surface area contributed by atoms with Crippen LogP contribution in [0.15, 0.2) is 47.0 Å². The summed E-state index contributed by atoms with van der Waals surface area (Å²) in [6.07, 6.45) is -3.04. The first kappa shape index (κ1) is 20.0. The zero-order valence-electron chi connectivity index (χ0n) is 12.2. The minimum absolute atomic E-state index is 0.0630. The molecule has 0 spiro atoms. The first-order valence-electron chi connectivity index (χ1n) is 6.65. The molecule has 2 rings (SSSR count). The highest BCUT2D eigenvalue weighted by Gasteiger charge is 2.31. The fourth-order valence-electron chi connectivity index (χ4n) is 1.74. The molecule has 25 heavy (non-hydrogen) atoms. The van der Waals surface area contributed by atoms with E-state index in [1.54, 1.807) is 0 Å². The molecule has 0 atom stereocenters. The summed E-state index contributed by atoms with van der Waals surface area (Å²) in [5.74, 6) is 0.708. The Morgan fingerprint density at radius 1 is 0.960 bits per heavy atom. The molecule has 0 aromatic heterocycles. The second-order valence-corrected chi connectivity index (χ2v) is 6.46. The maximum Gasteiger partial charge on any atom is 0.416 e. The zero-order valence-corrected chi connectivity index (χ0v) is 15.2. The number of halogens is 7. The molecule has 0 N–H and O–H groups in total. The molecule has 0 radical (unpaired) electrons. The zero-order chi connectivity index (χ0) is 18.6. The molecule has 0 aliphatic rings. The van der Waals surface area contributed by atoms with Crippen LogP contribution >= 0.6 is 46.4 Å². The second-order valence-electron chi connectivity index (χ2n) is 4.64. The Morgan fingerprint density at radius 2 is 1.60 bits per heavy atom. The van der Waals surface area contributed by atoms with Crippen LogP contribution in [0.5, 0.6) is 17.2 Å². The van der Waals surface area contributed by atoms with Crippen LogP contribution in [0.25, 0.3) is 0 Å². The smallest absolute Gasteiger partial charge is 0.416 e. The molecule has 0 unspecified atom stereocenters. The number of ether oxygens (including phenoxy) is 2. The van der Waals surface area contributed by atoms with Crippen LogP contribution in [-0.2, 0) is 6.18 Å². The number of hydrogen-bond acceptors (Lipinski definition) is 2. The van der Waals surface area contributed by atoms with Crippen molar-refractivity contribution in [3.63, 3.8) is 0 Å². The predicted molar refractivity (Wildman–Crippen MR) is 93.3 cm³/mol. The van der Waals surface area contributed by atoms with Crippen molar-refractivity contribution in [3.05, 3.63) is 62.6 Å². The Balaban J connectivity index is 2.13. The largest absolute Gasteiger partial charge is 0.488 e. The Hall–Kier alpha value is -1.27. The Bertz CT molecular complexity index is 787. The van der Waals surface area contributed by atoms with Gasteiger partial charge in [-0.3, -0.25) is 0 Å². The topological polar surface area (TPSA) is 18.5 Å². The van der Waals surface area contributed by atoms with E-state index < -0.39 is 11.7 Å². The van der Waals surface area contributed by atoms with Crippen LogP contribution in [0.1, 0.15) is 5.56 Å². The Labute approximate surface area is 161 Å². The quantitative estimate of drug-likeness (QED) is 0.487. The van der Waals surface area contributed by atoms with Gasteiger partial charge in [0, 0.05) is 6.07 Å². The number of alkyl halides is 3. The Morgan fingerprint density at radius 3 is 2.16 bits per heavy atom. The third-order valence-electron chi connectivity index (χ3n) is 2.87. The molecule has 2 nitrogen and oxygen atoms in total. The third-order valence-corrected chi connectivity index (χ3v) is 3.77. The summed E-state index contributed by atoms with van der Waals surface area (Å²) >= 11 is 22.8. The van der Waals surface area contributed by atoms with Gasteiger partial charge in [-0.25, -0.2) is 0 Å². The fourth-order valence-corrected chi connectivity index (χ4v) is 2.31. The van der Waals surface area contributed by atoms with Crippen molar-refractivity contribution in [1.82, 2.24) is 0 Å². The van der Waals surface area contributed by atoms with Gasteiger partial charge in [-0.1, -0.05) is 46.4 Å². The highest BCUT2D eigenvalue weighted by atomic mass is 35.5. The minimum Gasteiger partial charge on any atom is -0.488 e. The molecule has 0 aliphatic carbocycles. The molecule has 2 aromatic rings. The van der Waals surface area contributed by atoms with Crippen LogP contribution in [0.3, 0.4) is 0 Å². The SMILES string of the molecule is FC(F)(F)c1ccc(Oc2ccc(OCC=C(Cl)Cl)c(Cl)c2)c(Cl)c1. The van der Waals surface area contributed by atoms with Gasteiger partial charge in [-0.05, 0) is 36.4 Å². The molecular weight excluding hydrogens is 423 g/mol. The highest BCUT2D eigenvalue weighted by Crippen LogP contribution is 2.37. The molecule has 0 fully saturated rings. The van der Waals surface area contributed by atoms with Gasteiger partial charge in [0.05, 0.1) is 15.6 Å². The van der Waals surface area contributed by atoms with E-state index in [0.717, 1.165) is 18.2 Å². The van der Waals surface area contributed by atoms with E-state index in [1.807, 2.05) is 0 Å². The van der Waals surface area contributed by atoms with Gasteiger partial charge >= 0.3 is 6.18 Å². The summed E-state index contributed by atoms with van der Waals surface area (Å²) < 4.78 is 48.7. The van der Waals surface area contributed by atoms with Crippen LogP contribution in [0.4, 0.5) is 13.2 Å². The molecule has 0 saturated carbocycles. The summed E-state index contributed by atoms with van der Waals surface area (Å²) in [7, 11) is 0. The molecule has 0 bridgehead atoms. The number of benzene rings is 2. The summed E-state index contributed by atoms with van der Waals surface area (Å²) in [4.78, 5) is 0. The summed E-state index contributed by atoms with van der Waals surface area (Å²) in [6.45, 7) is 0.118. The first-order valence-corrected chi connectivity index (χ1v) is 8.16. The average molecular weight is 432 g/mol. The molecule has 9 heteroatoms. The Kier molecular flexibility index (Phi) is 6.74. The molecule has 2 aromatic carbocycles. The summed E-state index contributed by atoms with van der Waals surface area (Å²) in [6, 6.07) is 7.31. The number of hydrogen-bond donors (Lipinski definition) is 0. The third kappa shape index (κ3) is 5.89. The maximum absolute atomic E-state index is 12.6. The average Bonchev–Trinajstić information content (AvgIpc) is 2.50. The lowest BCUT2D eigenvalue weighted by atomic mass is 10.2. The molecule has 0 heterocycles. The maximum atomic E-state index is 12.6. The van der Waals surface area contributed by atoms with Crippen LogP contribution in [0.2, 0.25) is 10.0 Å². The first-order chi connectivity index (χ1) is 11.7. The van der Waals surface area contributed by atoms with E-state index >= 15 is 0 Å². The van der Waals surface area contributed by atoms with E-state index in [4.69, 9.17) is 55.9 Å². The van der Waals surface area contributed by atoms with E-state index in [9.17, 15) is 13.2 Å². The molecule has 0 aliphatic heterocycles. The monoisotopic (exact) mass is 430 g/mol. The number of rotatable bonds is 5. The minimum atomic E-state index is -4.48. The van der Waals surface area contributed by atoms with Crippen LogP contribution in [0, 0.1) is 0 Å². The van der Waals surface area contributed by atoms with Gasteiger partial charge in [-0.15, -0.1) is 0 Å². The lowest BCUT2D eigenvalue weighted by Crippen LogP contribution is -2.04. The van der Waals surface area contributed by atoms with E-state index in [0.29, 0.717) is 5.75 Å². The van der Waals surface area contributed by atoms with Gasteiger partial charge < -0.3 is 9.47 Å². The molecule has 0 saturated heterocycles. The van der Waals surface area contributed by atoms with Crippen molar-refractivity contribution in [2.24, 2.45) is 0 Å². The van der Waals surface area contributed by atoms with Gasteiger partial charge in [-0.2, -0.15) is 13.2 Å². The van der Waals surface area contributed by atoms with Gasteiger partial charge in [0.1, 0.15) is 28.3 Å². The van der Waals surface area contributed by atoms with Gasteiger partial charge in [0.2, 0.25) is 0 Å². The van der Waals surface area contributed by atoms with Gasteiger partial charge in [0.15, 0.2) is 0 Å². The van der Waals surface area contributed by atoms with E-state index in [2.05, 4.69) is 0 Å². The lowest BCUT2D eigenvalue weighted by molar-refractivity contribution is -0.137. The van der Waals surface area contributed by atoms with Crippen molar-refractivity contribution in [1.29, 1.82) is 0 Å². The predicted octanol–water partition coefficient (Wildman–Crippen LogP) is 7.50. The van der Waals surface area contributed by atoms with Crippen molar-refractivity contribution in [2.45, 2.75) is 6.18 Å². The lowest BCUT2D eigenvalue weighted by Gasteiger charge is -2.12. The van der Waals surface area contributed by atoms with Crippen LogP contribution < -0.4 is 9.47 Å². The molecular formula is C16H9Cl4F3O2.